The van der Waals surface area contributed by atoms with Crippen molar-refractivity contribution in [2.24, 2.45) is 29.6 Å². The van der Waals surface area contributed by atoms with Crippen LogP contribution in [0.25, 0.3) is 0 Å². The van der Waals surface area contributed by atoms with Crippen molar-refractivity contribution in [1.82, 2.24) is 20.7 Å². The number of hydrogen-bond acceptors (Lipinski definition) is 5. The molecule has 0 aromatic rings. The van der Waals surface area contributed by atoms with Gasteiger partial charge in [0.1, 0.15) is 6.61 Å². The third-order valence-corrected chi connectivity index (χ3v) is 10.2. The van der Waals surface area contributed by atoms with Crippen molar-refractivity contribution in [2.75, 3.05) is 32.8 Å². The highest BCUT2D eigenvalue weighted by Crippen LogP contribution is 2.43. The van der Waals surface area contributed by atoms with Crippen LogP contribution in [0, 0.1) is 29.6 Å². The van der Waals surface area contributed by atoms with Crippen LogP contribution >= 0.6 is 0 Å². The van der Waals surface area contributed by atoms with Crippen molar-refractivity contribution < 1.29 is 9.53 Å². The smallest absolute Gasteiger partial charge is 0.248 e. The highest BCUT2D eigenvalue weighted by Gasteiger charge is 2.46. The van der Waals surface area contributed by atoms with E-state index in [0.717, 1.165) is 68.6 Å². The van der Waals surface area contributed by atoms with E-state index in [1.54, 1.807) is 0 Å². The van der Waals surface area contributed by atoms with Gasteiger partial charge < -0.3 is 9.64 Å². The van der Waals surface area contributed by atoms with Crippen LogP contribution in [0.15, 0.2) is 0 Å². The number of carbonyl (C=O) groups is 1. The second kappa shape index (κ2) is 11.6. The topological polar surface area (TPSA) is 56.8 Å². The lowest BCUT2D eigenvalue weighted by Crippen LogP contribution is -2.70. The van der Waals surface area contributed by atoms with Crippen LogP contribution in [0.2, 0.25) is 0 Å². The molecule has 5 rings (SSSR count). The molecular formula is C28H50N4O2. The molecule has 0 aromatic carbocycles. The molecule has 0 radical (unpaired) electrons. The Balaban J connectivity index is 1.10. The summed E-state index contributed by atoms with van der Waals surface area (Å²) in [4.78, 5) is 17.5. The molecule has 5 aliphatic rings. The Morgan fingerprint density at radius 3 is 2.06 bits per heavy atom. The van der Waals surface area contributed by atoms with Crippen LogP contribution in [-0.2, 0) is 9.53 Å². The first-order chi connectivity index (χ1) is 16.6. The molecule has 1 amide bonds. The summed E-state index contributed by atoms with van der Waals surface area (Å²) in [7, 11) is 0. The SMILES string of the molecule is CC1CCC(OCC(=O)N2CCN(C3NNC(C4CCC(C)CC4)C4CCCCC43)CC2)CC1. The first kappa shape index (κ1) is 25.0. The van der Waals surface area contributed by atoms with E-state index in [4.69, 9.17) is 4.74 Å². The van der Waals surface area contributed by atoms with Gasteiger partial charge in [-0.1, -0.05) is 39.5 Å². The van der Waals surface area contributed by atoms with E-state index < -0.39 is 0 Å². The first-order valence-electron chi connectivity index (χ1n) is 14.7. The summed E-state index contributed by atoms with van der Waals surface area (Å²) in [5, 5.41) is 0. The summed E-state index contributed by atoms with van der Waals surface area (Å²) in [6.07, 6.45) is 16.6. The molecule has 2 aliphatic heterocycles. The number of ether oxygens (including phenoxy) is 1. The molecule has 4 atom stereocenters. The number of rotatable bonds is 5. The summed E-state index contributed by atoms with van der Waals surface area (Å²) in [6, 6.07) is 0.650. The molecule has 0 bridgehead atoms. The van der Waals surface area contributed by atoms with E-state index in [-0.39, 0.29) is 12.5 Å². The molecule has 0 aromatic heterocycles. The molecule has 6 heteroatoms. The Labute approximate surface area is 207 Å². The van der Waals surface area contributed by atoms with Gasteiger partial charge in [-0.05, 0) is 81.0 Å². The molecule has 3 saturated carbocycles. The molecule has 4 unspecified atom stereocenters. The quantitative estimate of drug-likeness (QED) is 0.627. The van der Waals surface area contributed by atoms with Crippen LogP contribution in [0.3, 0.4) is 0 Å². The van der Waals surface area contributed by atoms with Crippen molar-refractivity contribution in [3.63, 3.8) is 0 Å². The zero-order chi connectivity index (χ0) is 23.5. The lowest BCUT2D eigenvalue weighted by molar-refractivity contribution is -0.142. The van der Waals surface area contributed by atoms with E-state index in [2.05, 4.69) is 29.6 Å². The van der Waals surface area contributed by atoms with Gasteiger partial charge in [-0.2, -0.15) is 0 Å². The van der Waals surface area contributed by atoms with Crippen LogP contribution in [0.1, 0.15) is 90.9 Å². The lowest BCUT2D eigenvalue weighted by Gasteiger charge is -2.53. The Morgan fingerprint density at radius 2 is 1.38 bits per heavy atom. The largest absolute Gasteiger partial charge is 0.368 e. The van der Waals surface area contributed by atoms with Gasteiger partial charge in [-0.25, -0.2) is 5.43 Å². The number of piperazine rings is 1. The van der Waals surface area contributed by atoms with Gasteiger partial charge in [0.05, 0.1) is 12.3 Å². The highest BCUT2D eigenvalue weighted by molar-refractivity contribution is 5.77. The molecule has 3 aliphatic carbocycles. The van der Waals surface area contributed by atoms with E-state index in [0.29, 0.717) is 18.3 Å². The summed E-state index contributed by atoms with van der Waals surface area (Å²) in [6.45, 7) is 8.64. The molecular weight excluding hydrogens is 424 g/mol. The number of nitrogens with one attached hydrogen (secondary N) is 2. The lowest BCUT2D eigenvalue weighted by atomic mass is 9.66. The average Bonchev–Trinajstić information content (AvgIpc) is 2.88. The fraction of sp³-hybridized carbons (Fsp3) is 0.964. The number of hydrazine groups is 1. The molecule has 34 heavy (non-hydrogen) atoms. The highest BCUT2D eigenvalue weighted by atomic mass is 16.5. The average molecular weight is 475 g/mol. The molecule has 194 valence electrons. The summed E-state index contributed by atoms with van der Waals surface area (Å²) in [5.74, 6) is 4.32. The zero-order valence-corrected chi connectivity index (χ0v) is 21.9. The van der Waals surface area contributed by atoms with Gasteiger partial charge in [0.25, 0.3) is 0 Å². The maximum atomic E-state index is 12.8. The molecule has 2 heterocycles. The van der Waals surface area contributed by atoms with Gasteiger partial charge >= 0.3 is 0 Å². The number of nitrogens with zero attached hydrogens (tertiary/aromatic N) is 2. The number of carbonyl (C=O) groups excluding carboxylic acids is 1. The van der Waals surface area contributed by atoms with Gasteiger partial charge in [0.2, 0.25) is 5.91 Å². The van der Waals surface area contributed by atoms with E-state index >= 15 is 0 Å². The third kappa shape index (κ3) is 5.82. The van der Waals surface area contributed by atoms with Crippen molar-refractivity contribution in [3.8, 4) is 0 Å². The minimum absolute atomic E-state index is 0.190. The van der Waals surface area contributed by atoms with E-state index in [9.17, 15) is 4.79 Å². The van der Waals surface area contributed by atoms with Crippen molar-refractivity contribution in [1.29, 1.82) is 0 Å². The van der Waals surface area contributed by atoms with Gasteiger partial charge in [-0.15, -0.1) is 0 Å². The molecule has 5 fully saturated rings. The summed E-state index contributed by atoms with van der Waals surface area (Å²) < 4.78 is 6.01. The van der Waals surface area contributed by atoms with Gasteiger partial charge in [0.15, 0.2) is 0 Å². The minimum Gasteiger partial charge on any atom is -0.368 e. The second-order valence-corrected chi connectivity index (χ2v) is 12.5. The fourth-order valence-electron chi connectivity index (χ4n) is 7.82. The maximum Gasteiger partial charge on any atom is 0.248 e. The fourth-order valence-corrected chi connectivity index (χ4v) is 7.82. The predicted octanol–water partition coefficient (Wildman–Crippen LogP) is 4.16. The Bertz CT molecular complexity index is 651. The van der Waals surface area contributed by atoms with Crippen LogP contribution < -0.4 is 10.9 Å². The zero-order valence-electron chi connectivity index (χ0n) is 21.9. The Hall–Kier alpha value is -0.690. The Morgan fingerprint density at radius 1 is 0.765 bits per heavy atom. The number of fused-ring (bicyclic) bond motifs is 1. The van der Waals surface area contributed by atoms with Crippen molar-refractivity contribution >= 4 is 5.91 Å². The van der Waals surface area contributed by atoms with Crippen LogP contribution in [0.4, 0.5) is 0 Å². The standard InChI is InChI=1S/C28H50N4O2/c1-20-7-11-22(12-8-20)27-24-5-3-4-6-25(24)28(30-29-27)32-17-15-31(16-18-32)26(33)19-34-23-13-9-21(2)10-14-23/h20-25,27-30H,3-19H2,1-2H3. The van der Waals surface area contributed by atoms with Gasteiger partial charge in [-0.3, -0.25) is 15.1 Å². The Kier molecular flexibility index (Phi) is 8.50. The minimum atomic E-state index is 0.190. The first-order valence-corrected chi connectivity index (χ1v) is 14.7. The van der Waals surface area contributed by atoms with E-state index in [1.807, 2.05) is 4.90 Å². The van der Waals surface area contributed by atoms with Crippen molar-refractivity contribution in [3.05, 3.63) is 0 Å². The predicted molar refractivity (Wildman–Crippen MR) is 136 cm³/mol. The number of amides is 1. The van der Waals surface area contributed by atoms with Crippen LogP contribution in [0.5, 0.6) is 0 Å². The molecule has 6 nitrogen and oxygen atoms in total. The normalized spacial score (nSPS) is 42.2. The van der Waals surface area contributed by atoms with Crippen molar-refractivity contribution in [2.45, 2.75) is 109 Å². The molecule has 2 N–H and O–H groups in total. The molecule has 0 spiro atoms. The molecule has 2 saturated heterocycles. The summed E-state index contributed by atoms with van der Waals surface area (Å²) >= 11 is 0. The monoisotopic (exact) mass is 474 g/mol. The number of hydrogen-bond donors (Lipinski definition) is 2. The van der Waals surface area contributed by atoms with Gasteiger partial charge in [0, 0.05) is 32.2 Å². The van der Waals surface area contributed by atoms with Crippen LogP contribution in [-0.4, -0.2) is 66.8 Å². The summed E-state index contributed by atoms with van der Waals surface area (Å²) in [5.41, 5.74) is 7.66. The second-order valence-electron chi connectivity index (χ2n) is 12.5. The third-order valence-electron chi connectivity index (χ3n) is 10.2. The van der Waals surface area contributed by atoms with E-state index in [1.165, 1.54) is 64.2 Å². The maximum absolute atomic E-state index is 12.8.